The Morgan fingerprint density at radius 2 is 1.90 bits per heavy atom. The van der Waals surface area contributed by atoms with Crippen molar-refractivity contribution in [2.75, 3.05) is 24.2 Å². The van der Waals surface area contributed by atoms with E-state index in [-0.39, 0.29) is 17.7 Å². The van der Waals surface area contributed by atoms with E-state index in [1.54, 1.807) is 34.2 Å². The van der Waals surface area contributed by atoms with Crippen LogP contribution in [0.25, 0.3) is 0 Å². The second kappa shape index (κ2) is 9.80. The molecule has 8 heteroatoms. The number of rotatable bonds is 5. The highest BCUT2D eigenvalue weighted by Gasteiger charge is 2.21. The minimum atomic E-state index is 0.00231. The van der Waals surface area contributed by atoms with Crippen LogP contribution in [0.5, 0.6) is 5.75 Å². The molecule has 2 aromatic carbocycles. The van der Waals surface area contributed by atoms with Crippen LogP contribution in [-0.4, -0.2) is 47.4 Å². The number of para-hydroxylation sites is 1. The van der Waals surface area contributed by atoms with Crippen molar-refractivity contribution in [3.8, 4) is 5.75 Å². The number of anilines is 1. The minimum Gasteiger partial charge on any atom is -0.441 e. The van der Waals surface area contributed by atoms with Gasteiger partial charge in [-0.15, -0.1) is 5.10 Å². The molecule has 6 nitrogen and oxygen atoms in total. The van der Waals surface area contributed by atoms with Gasteiger partial charge in [-0.05, 0) is 50.2 Å². The van der Waals surface area contributed by atoms with Crippen LogP contribution in [0.15, 0.2) is 64.7 Å². The number of benzene rings is 2. The molecular formula is C21H23ClN4O2S. The van der Waals surface area contributed by atoms with Crippen LogP contribution in [0.1, 0.15) is 13.8 Å². The molecule has 0 spiro atoms. The first-order valence-electron chi connectivity index (χ1n) is 9.23. The maximum atomic E-state index is 12.9. The van der Waals surface area contributed by atoms with E-state index in [1.165, 1.54) is 11.8 Å². The molecule has 3 rings (SSSR count). The fourth-order valence-corrected chi connectivity index (χ4v) is 3.69. The summed E-state index contributed by atoms with van der Waals surface area (Å²) in [6.07, 6.45) is 0. The average Bonchev–Trinajstić information content (AvgIpc) is 2.68. The molecule has 0 radical (unpaired) electrons. The van der Waals surface area contributed by atoms with Gasteiger partial charge in [-0.1, -0.05) is 41.6 Å². The van der Waals surface area contributed by atoms with Crippen molar-refractivity contribution in [3.05, 3.63) is 59.6 Å². The Balaban J connectivity index is 1.66. The fraction of sp³-hybridized carbons (Fsp3) is 0.286. The lowest BCUT2D eigenvalue weighted by atomic mass is 10.2. The van der Waals surface area contributed by atoms with Gasteiger partial charge in [0.2, 0.25) is 17.0 Å². The molecule has 0 atom stereocenters. The molecule has 0 saturated heterocycles. The third kappa shape index (κ3) is 5.98. The molecule has 29 heavy (non-hydrogen) atoms. The summed E-state index contributed by atoms with van der Waals surface area (Å²) in [5.74, 6) is 1.40. The Labute approximate surface area is 180 Å². The van der Waals surface area contributed by atoms with Gasteiger partial charge in [0.05, 0.1) is 5.75 Å². The molecule has 2 aromatic rings. The highest BCUT2D eigenvalue weighted by Crippen LogP contribution is 2.21. The predicted octanol–water partition coefficient (Wildman–Crippen LogP) is 4.51. The Kier molecular flexibility index (Phi) is 7.17. The van der Waals surface area contributed by atoms with Crippen LogP contribution in [0.3, 0.4) is 0 Å². The number of carbonyl (C=O) groups is 1. The van der Waals surface area contributed by atoms with Gasteiger partial charge in [-0.3, -0.25) is 9.80 Å². The predicted molar refractivity (Wildman–Crippen MR) is 121 cm³/mol. The third-order valence-electron chi connectivity index (χ3n) is 4.03. The zero-order valence-corrected chi connectivity index (χ0v) is 18.2. The van der Waals surface area contributed by atoms with Crippen molar-refractivity contribution >= 4 is 46.0 Å². The van der Waals surface area contributed by atoms with Gasteiger partial charge in [0.25, 0.3) is 0 Å². The van der Waals surface area contributed by atoms with Crippen molar-refractivity contribution in [1.29, 1.82) is 0 Å². The number of hydrogen-bond donors (Lipinski definition) is 0. The number of nitrogens with zero attached hydrogens (tertiary/aromatic N) is 4. The first kappa shape index (κ1) is 21.2. The highest BCUT2D eigenvalue weighted by molar-refractivity contribution is 8.14. The lowest BCUT2D eigenvalue weighted by molar-refractivity contribution is -0.116. The van der Waals surface area contributed by atoms with E-state index < -0.39 is 0 Å². The summed E-state index contributed by atoms with van der Waals surface area (Å²) in [6, 6.07) is 16.8. The van der Waals surface area contributed by atoms with Crippen LogP contribution in [0.4, 0.5) is 5.69 Å². The monoisotopic (exact) mass is 430 g/mol. The zero-order chi connectivity index (χ0) is 20.8. The number of aliphatic imine (C=N–C) groups is 1. The summed E-state index contributed by atoms with van der Waals surface area (Å²) in [5, 5.41) is 7.27. The van der Waals surface area contributed by atoms with Crippen LogP contribution in [0.2, 0.25) is 5.02 Å². The van der Waals surface area contributed by atoms with Crippen LogP contribution in [0, 0.1) is 0 Å². The largest absolute Gasteiger partial charge is 0.441 e. The number of amides is 1. The maximum absolute atomic E-state index is 12.9. The fourth-order valence-electron chi connectivity index (χ4n) is 2.81. The van der Waals surface area contributed by atoms with E-state index in [9.17, 15) is 4.79 Å². The molecule has 1 aliphatic rings. The van der Waals surface area contributed by atoms with Gasteiger partial charge in [-0.25, -0.2) is 0 Å². The molecule has 1 heterocycles. The maximum Gasteiger partial charge on any atom is 0.237 e. The average molecular weight is 431 g/mol. The number of hydrazone groups is 1. The smallest absolute Gasteiger partial charge is 0.237 e. The number of amidine groups is 1. The molecule has 0 aliphatic carbocycles. The van der Waals surface area contributed by atoms with Gasteiger partial charge in [0, 0.05) is 23.8 Å². The van der Waals surface area contributed by atoms with Crippen LogP contribution < -0.4 is 9.64 Å². The second-order valence-corrected chi connectivity index (χ2v) is 8.12. The molecule has 152 valence electrons. The van der Waals surface area contributed by atoms with Crippen molar-refractivity contribution in [3.63, 3.8) is 0 Å². The zero-order valence-electron chi connectivity index (χ0n) is 16.6. The van der Waals surface area contributed by atoms with Gasteiger partial charge in [0.1, 0.15) is 12.3 Å². The van der Waals surface area contributed by atoms with Gasteiger partial charge < -0.3 is 9.64 Å². The second-order valence-electron chi connectivity index (χ2n) is 6.74. The minimum absolute atomic E-state index is 0.00231. The molecule has 0 saturated carbocycles. The summed E-state index contributed by atoms with van der Waals surface area (Å²) in [4.78, 5) is 19.1. The van der Waals surface area contributed by atoms with Crippen LogP contribution >= 0.6 is 23.4 Å². The Morgan fingerprint density at radius 1 is 1.21 bits per heavy atom. The summed E-state index contributed by atoms with van der Waals surface area (Å²) in [5.41, 5.74) is 0.881. The normalized spacial score (nSPS) is 13.8. The Hall–Kier alpha value is -2.51. The lowest BCUT2D eigenvalue weighted by Gasteiger charge is -2.27. The highest BCUT2D eigenvalue weighted by atomic mass is 35.5. The molecule has 0 bridgehead atoms. The van der Waals surface area contributed by atoms with Gasteiger partial charge in [-0.2, -0.15) is 4.99 Å². The number of likely N-dealkylation sites (N-methyl/N-ethyl adjacent to an activating group) is 1. The van der Waals surface area contributed by atoms with E-state index in [1.807, 2.05) is 51.2 Å². The van der Waals surface area contributed by atoms with Crippen molar-refractivity contribution in [2.45, 2.75) is 19.9 Å². The third-order valence-corrected chi connectivity index (χ3v) is 5.11. The van der Waals surface area contributed by atoms with Crippen molar-refractivity contribution in [1.82, 2.24) is 5.01 Å². The van der Waals surface area contributed by atoms with E-state index in [4.69, 9.17) is 16.3 Å². The van der Waals surface area contributed by atoms with Gasteiger partial charge >= 0.3 is 0 Å². The van der Waals surface area contributed by atoms with Crippen LogP contribution in [-0.2, 0) is 4.79 Å². The molecule has 1 aliphatic heterocycles. The quantitative estimate of drug-likeness (QED) is 0.700. The van der Waals surface area contributed by atoms with E-state index in [2.05, 4.69) is 10.1 Å². The summed E-state index contributed by atoms with van der Waals surface area (Å²) < 4.78 is 5.83. The Morgan fingerprint density at radius 3 is 2.55 bits per heavy atom. The summed E-state index contributed by atoms with van der Waals surface area (Å²) in [7, 11) is 1.84. The standard InChI is InChI=1S/C21H23ClN4O2S/c1-15(2)26(17-7-5-4-6-8-17)20(27)14-29-21-23-19(13-25(3)24-21)28-18-11-9-16(22)10-12-18/h4-12,15H,13-14H2,1-3H3. The first-order chi connectivity index (χ1) is 13.9. The molecule has 0 N–H and O–H groups in total. The van der Waals surface area contributed by atoms with Crippen molar-refractivity contribution in [2.24, 2.45) is 10.1 Å². The molecule has 0 fully saturated rings. The lowest BCUT2D eigenvalue weighted by Crippen LogP contribution is -2.38. The van der Waals surface area contributed by atoms with Crippen molar-refractivity contribution < 1.29 is 9.53 Å². The number of carbonyl (C=O) groups excluding carboxylic acids is 1. The molecule has 0 aromatic heterocycles. The van der Waals surface area contributed by atoms with Gasteiger partial charge in [0.15, 0.2) is 0 Å². The molecule has 1 amide bonds. The Bertz CT molecular complexity index is 901. The SMILES string of the molecule is CC(C)N(C(=O)CSC1=NN(C)CC(Oc2ccc(Cl)cc2)=N1)c1ccccc1. The topological polar surface area (TPSA) is 57.5 Å². The molecular weight excluding hydrogens is 408 g/mol. The number of halogens is 1. The van der Waals surface area contributed by atoms with E-state index >= 15 is 0 Å². The first-order valence-corrected chi connectivity index (χ1v) is 10.6. The van der Waals surface area contributed by atoms with E-state index in [0.29, 0.717) is 28.4 Å². The molecule has 0 unspecified atom stereocenters. The summed E-state index contributed by atoms with van der Waals surface area (Å²) >= 11 is 7.21. The number of hydrogen-bond acceptors (Lipinski definition) is 6. The number of ether oxygens (including phenoxy) is 1. The summed E-state index contributed by atoms with van der Waals surface area (Å²) in [6.45, 7) is 4.44. The number of thioether (sulfide) groups is 1. The van der Waals surface area contributed by atoms with E-state index in [0.717, 1.165) is 5.69 Å².